The molecule has 9 heteroatoms. The fraction of sp³-hybridized carbons (Fsp3) is 0.333. The van der Waals surface area contributed by atoms with E-state index in [-0.39, 0.29) is 29.9 Å². The van der Waals surface area contributed by atoms with Gasteiger partial charge in [0.25, 0.3) is 0 Å². The number of imidazole rings is 1. The molecule has 0 unspecified atom stereocenters. The SMILES string of the molecule is Cc1c(-n2c(O)c3n(c2=O)CC[C@H]3O)ccc(C#N)c1C(F)(F)F. The van der Waals surface area contributed by atoms with Crippen molar-refractivity contribution in [2.75, 3.05) is 0 Å². The van der Waals surface area contributed by atoms with Gasteiger partial charge in [-0.25, -0.2) is 9.36 Å². The lowest BCUT2D eigenvalue weighted by molar-refractivity contribution is -0.138. The summed E-state index contributed by atoms with van der Waals surface area (Å²) in [5.41, 5.74) is -3.00. The van der Waals surface area contributed by atoms with Gasteiger partial charge in [0.1, 0.15) is 11.8 Å². The van der Waals surface area contributed by atoms with Crippen molar-refractivity contribution in [2.24, 2.45) is 0 Å². The number of hydrogen-bond donors (Lipinski definition) is 2. The minimum Gasteiger partial charge on any atom is -0.493 e. The number of hydrogen-bond acceptors (Lipinski definition) is 4. The van der Waals surface area contributed by atoms with Crippen molar-refractivity contribution in [2.45, 2.75) is 32.2 Å². The average Bonchev–Trinajstić information content (AvgIpc) is 2.99. The number of rotatable bonds is 1. The van der Waals surface area contributed by atoms with E-state index >= 15 is 0 Å². The predicted molar refractivity (Wildman–Crippen MR) is 75.7 cm³/mol. The van der Waals surface area contributed by atoms with Crippen LogP contribution in [-0.4, -0.2) is 19.3 Å². The van der Waals surface area contributed by atoms with Gasteiger partial charge < -0.3 is 10.2 Å². The third-order valence-corrected chi connectivity index (χ3v) is 4.18. The maximum absolute atomic E-state index is 13.3. The van der Waals surface area contributed by atoms with Gasteiger partial charge in [0.05, 0.1) is 22.9 Å². The Bertz CT molecular complexity index is 935. The molecule has 0 amide bonds. The molecule has 0 aliphatic carbocycles. The molecule has 0 bridgehead atoms. The molecule has 1 atom stereocenters. The number of aliphatic hydroxyl groups excluding tert-OH is 1. The van der Waals surface area contributed by atoms with E-state index < -0.39 is 35.0 Å². The van der Waals surface area contributed by atoms with Gasteiger partial charge in [0.2, 0.25) is 5.88 Å². The smallest absolute Gasteiger partial charge is 0.418 e. The first-order valence-corrected chi connectivity index (χ1v) is 7.02. The number of nitriles is 1. The predicted octanol–water partition coefficient (Wildman–Crippen LogP) is 1.98. The normalized spacial score (nSPS) is 16.9. The summed E-state index contributed by atoms with van der Waals surface area (Å²) in [6.07, 6.45) is -5.59. The van der Waals surface area contributed by atoms with Crippen LogP contribution in [0.5, 0.6) is 5.88 Å². The topological polar surface area (TPSA) is 91.2 Å². The Labute approximate surface area is 133 Å². The monoisotopic (exact) mass is 339 g/mol. The summed E-state index contributed by atoms with van der Waals surface area (Å²) < 4.78 is 41.7. The third kappa shape index (κ3) is 2.11. The molecule has 1 aromatic heterocycles. The zero-order chi connectivity index (χ0) is 17.8. The molecule has 1 aliphatic rings. The zero-order valence-corrected chi connectivity index (χ0v) is 12.4. The van der Waals surface area contributed by atoms with Gasteiger partial charge >= 0.3 is 11.9 Å². The van der Waals surface area contributed by atoms with Gasteiger partial charge in [-0.15, -0.1) is 0 Å². The Balaban J connectivity index is 2.33. The Morgan fingerprint density at radius 2 is 2.04 bits per heavy atom. The second-order valence-electron chi connectivity index (χ2n) is 5.52. The van der Waals surface area contributed by atoms with Gasteiger partial charge in [-0.2, -0.15) is 18.4 Å². The first kappa shape index (κ1) is 16.1. The molecule has 126 valence electrons. The Kier molecular flexibility index (Phi) is 3.46. The van der Waals surface area contributed by atoms with Crippen LogP contribution in [0.1, 0.15) is 34.9 Å². The van der Waals surface area contributed by atoms with Crippen LogP contribution < -0.4 is 5.69 Å². The first-order valence-electron chi connectivity index (χ1n) is 7.02. The van der Waals surface area contributed by atoms with Crippen LogP contribution in [0.2, 0.25) is 0 Å². The van der Waals surface area contributed by atoms with Gasteiger partial charge in [-0.05, 0) is 31.0 Å². The summed E-state index contributed by atoms with van der Waals surface area (Å²) in [5, 5.41) is 29.0. The molecule has 0 fully saturated rings. The van der Waals surface area contributed by atoms with Gasteiger partial charge in [0.15, 0.2) is 0 Å². The molecule has 2 aromatic rings. The largest absolute Gasteiger partial charge is 0.493 e. The van der Waals surface area contributed by atoms with E-state index in [1.54, 1.807) is 0 Å². The van der Waals surface area contributed by atoms with E-state index in [0.717, 1.165) is 22.1 Å². The Hall–Kier alpha value is -2.73. The van der Waals surface area contributed by atoms with E-state index in [4.69, 9.17) is 5.26 Å². The number of halogens is 3. The zero-order valence-electron chi connectivity index (χ0n) is 12.4. The third-order valence-electron chi connectivity index (χ3n) is 4.18. The Morgan fingerprint density at radius 1 is 1.38 bits per heavy atom. The molecule has 1 aromatic carbocycles. The lowest BCUT2D eigenvalue weighted by Crippen LogP contribution is -2.24. The number of alkyl halides is 3. The van der Waals surface area contributed by atoms with Crippen LogP contribution in [0.25, 0.3) is 5.69 Å². The minimum absolute atomic E-state index is 0.0164. The quantitative estimate of drug-likeness (QED) is 0.831. The van der Waals surface area contributed by atoms with Crippen LogP contribution in [0, 0.1) is 18.3 Å². The van der Waals surface area contributed by atoms with E-state index in [2.05, 4.69) is 0 Å². The Morgan fingerprint density at radius 3 is 2.58 bits per heavy atom. The number of aliphatic hydroxyl groups is 1. The molecule has 2 heterocycles. The lowest BCUT2D eigenvalue weighted by atomic mass is 10.00. The summed E-state index contributed by atoms with van der Waals surface area (Å²) >= 11 is 0. The maximum Gasteiger partial charge on any atom is 0.418 e. The summed E-state index contributed by atoms with van der Waals surface area (Å²) in [6.45, 7) is 1.29. The van der Waals surface area contributed by atoms with E-state index in [0.29, 0.717) is 0 Å². The van der Waals surface area contributed by atoms with Crippen molar-refractivity contribution in [3.8, 4) is 17.6 Å². The molecular formula is C15H12F3N3O3. The van der Waals surface area contributed by atoms with Crippen molar-refractivity contribution in [3.63, 3.8) is 0 Å². The fourth-order valence-electron chi connectivity index (χ4n) is 3.10. The second kappa shape index (κ2) is 5.14. The van der Waals surface area contributed by atoms with Crippen molar-refractivity contribution < 1.29 is 23.4 Å². The van der Waals surface area contributed by atoms with Crippen molar-refractivity contribution in [1.29, 1.82) is 5.26 Å². The summed E-state index contributed by atoms with van der Waals surface area (Å²) in [7, 11) is 0. The van der Waals surface area contributed by atoms with Gasteiger partial charge in [0, 0.05) is 6.54 Å². The summed E-state index contributed by atoms with van der Waals surface area (Å²) in [4.78, 5) is 12.4. The van der Waals surface area contributed by atoms with E-state index in [9.17, 15) is 28.2 Å². The van der Waals surface area contributed by atoms with Crippen LogP contribution in [0.3, 0.4) is 0 Å². The molecule has 0 spiro atoms. The van der Waals surface area contributed by atoms with Crippen LogP contribution in [0.4, 0.5) is 13.2 Å². The number of fused-ring (bicyclic) bond motifs is 1. The average molecular weight is 339 g/mol. The number of benzene rings is 1. The number of nitrogens with zero attached hydrogens (tertiary/aromatic N) is 3. The number of aromatic hydroxyl groups is 1. The molecule has 0 radical (unpaired) electrons. The highest BCUT2D eigenvalue weighted by molar-refractivity contribution is 5.55. The highest BCUT2D eigenvalue weighted by atomic mass is 19.4. The molecule has 3 rings (SSSR count). The fourth-order valence-corrected chi connectivity index (χ4v) is 3.10. The molecule has 0 saturated carbocycles. The van der Waals surface area contributed by atoms with Crippen molar-refractivity contribution >= 4 is 0 Å². The highest BCUT2D eigenvalue weighted by Gasteiger charge is 2.38. The molecule has 1 aliphatic heterocycles. The molecule has 6 nitrogen and oxygen atoms in total. The highest BCUT2D eigenvalue weighted by Crippen LogP contribution is 2.39. The summed E-state index contributed by atoms with van der Waals surface area (Å²) in [6, 6.07) is 3.61. The van der Waals surface area contributed by atoms with Crippen molar-refractivity contribution in [3.05, 3.63) is 45.0 Å². The second-order valence-corrected chi connectivity index (χ2v) is 5.52. The van der Waals surface area contributed by atoms with Gasteiger partial charge in [-0.3, -0.25) is 4.57 Å². The van der Waals surface area contributed by atoms with E-state index in [1.807, 2.05) is 0 Å². The van der Waals surface area contributed by atoms with Crippen LogP contribution >= 0.6 is 0 Å². The molecule has 24 heavy (non-hydrogen) atoms. The van der Waals surface area contributed by atoms with E-state index in [1.165, 1.54) is 12.1 Å². The number of aromatic nitrogens is 2. The standard InChI is InChI=1S/C15H12F3N3O3/c1-7-9(3-2-8(6-19)11(7)15(16,17)18)21-13(23)12-10(22)4-5-20(12)14(21)24/h2-3,10,22-23H,4-5H2,1H3/t10-/m1/s1. The summed E-state index contributed by atoms with van der Waals surface area (Å²) in [5.74, 6) is -0.592. The molecular weight excluding hydrogens is 327 g/mol. The minimum atomic E-state index is -4.79. The molecule has 2 N–H and O–H groups in total. The molecule has 0 saturated heterocycles. The maximum atomic E-state index is 13.3. The van der Waals surface area contributed by atoms with Crippen LogP contribution in [-0.2, 0) is 12.7 Å². The van der Waals surface area contributed by atoms with Crippen molar-refractivity contribution in [1.82, 2.24) is 9.13 Å². The lowest BCUT2D eigenvalue weighted by Gasteiger charge is -2.16. The van der Waals surface area contributed by atoms with Gasteiger partial charge in [-0.1, -0.05) is 0 Å². The first-order chi connectivity index (χ1) is 11.2. The van der Waals surface area contributed by atoms with Crippen LogP contribution in [0.15, 0.2) is 16.9 Å².